The van der Waals surface area contributed by atoms with Gasteiger partial charge in [0.15, 0.2) is 0 Å². The van der Waals surface area contributed by atoms with Gasteiger partial charge in [0, 0.05) is 44.4 Å². The molecule has 0 radical (unpaired) electrons. The van der Waals surface area contributed by atoms with Crippen molar-refractivity contribution in [2.24, 2.45) is 5.73 Å². The number of nitrogens with two attached hydrogens (primary N) is 1. The molecule has 0 bridgehead atoms. The zero-order chi connectivity index (χ0) is 15.1. The van der Waals surface area contributed by atoms with Crippen LogP contribution in [-0.4, -0.2) is 28.0 Å². The van der Waals surface area contributed by atoms with Gasteiger partial charge in [-0.05, 0) is 12.5 Å². The monoisotopic (exact) mass is 358 g/mol. The van der Waals surface area contributed by atoms with Crippen LogP contribution in [0.3, 0.4) is 0 Å². The summed E-state index contributed by atoms with van der Waals surface area (Å²) in [6.07, 6.45) is 4.83. The van der Waals surface area contributed by atoms with Gasteiger partial charge >= 0.3 is 0 Å². The van der Waals surface area contributed by atoms with Gasteiger partial charge in [0.25, 0.3) is 0 Å². The predicted molar refractivity (Wildman–Crippen MR) is 97.2 cm³/mol. The molecule has 1 amide bonds. The van der Waals surface area contributed by atoms with Gasteiger partial charge in [-0.25, -0.2) is 4.98 Å². The first-order valence-electron chi connectivity index (χ1n) is 7.21. The van der Waals surface area contributed by atoms with Crippen molar-refractivity contribution in [1.82, 2.24) is 14.9 Å². The smallest absolute Gasteiger partial charge is 0.221 e. The van der Waals surface area contributed by atoms with Crippen LogP contribution in [0.5, 0.6) is 0 Å². The number of hydrogen-bond acceptors (Lipinski definition) is 3. The van der Waals surface area contributed by atoms with Crippen LogP contribution in [-0.2, 0) is 17.8 Å². The lowest BCUT2D eigenvalue weighted by atomic mass is 10.2. The molecule has 2 rings (SSSR count). The highest BCUT2D eigenvalue weighted by Crippen LogP contribution is 2.05. The lowest BCUT2D eigenvalue weighted by Crippen LogP contribution is -2.31. The van der Waals surface area contributed by atoms with Crippen molar-refractivity contribution in [3.05, 3.63) is 54.1 Å². The Hall–Kier alpha value is -1.56. The molecule has 0 aliphatic carbocycles. The van der Waals surface area contributed by atoms with E-state index in [4.69, 9.17) is 5.73 Å². The summed E-state index contributed by atoms with van der Waals surface area (Å²) >= 11 is 0. The lowest BCUT2D eigenvalue weighted by Gasteiger charge is -2.09. The molecule has 23 heavy (non-hydrogen) atoms. The summed E-state index contributed by atoms with van der Waals surface area (Å²) in [4.78, 5) is 15.9. The van der Waals surface area contributed by atoms with Crippen molar-refractivity contribution >= 4 is 30.7 Å². The lowest BCUT2D eigenvalue weighted by molar-refractivity contribution is -0.121. The van der Waals surface area contributed by atoms with Crippen molar-refractivity contribution in [3.8, 4) is 0 Å². The van der Waals surface area contributed by atoms with Gasteiger partial charge in [-0.3, -0.25) is 4.79 Å². The largest absolute Gasteiger partial charge is 0.356 e. The molecule has 0 aliphatic rings. The number of rotatable bonds is 7. The maximum absolute atomic E-state index is 11.5. The average Bonchev–Trinajstić information content (AvgIpc) is 2.86. The number of carbonyl (C=O) groups excluding carboxylic acids is 1. The summed E-state index contributed by atoms with van der Waals surface area (Å²) in [5.41, 5.74) is 6.83. The topological polar surface area (TPSA) is 72.9 Å². The zero-order valence-electron chi connectivity index (χ0n) is 13.1. The fourth-order valence-corrected chi connectivity index (χ4v) is 2.17. The Balaban J connectivity index is 0.00000242. The predicted octanol–water partition coefficient (Wildman–Crippen LogP) is 2.17. The number of imidazole rings is 1. The molecular formula is C16H24Cl2N4O. The Bertz CT molecular complexity index is 572. The summed E-state index contributed by atoms with van der Waals surface area (Å²) in [6, 6.07) is 10.1. The molecule has 0 fully saturated rings. The summed E-state index contributed by atoms with van der Waals surface area (Å²) in [5.74, 6) is 0.964. The van der Waals surface area contributed by atoms with Crippen LogP contribution < -0.4 is 11.1 Å². The van der Waals surface area contributed by atoms with Crippen molar-refractivity contribution in [2.45, 2.75) is 32.4 Å². The van der Waals surface area contributed by atoms with Crippen molar-refractivity contribution < 1.29 is 4.79 Å². The van der Waals surface area contributed by atoms with E-state index < -0.39 is 0 Å². The molecule has 1 aromatic heterocycles. The Morgan fingerprint density at radius 3 is 2.65 bits per heavy atom. The van der Waals surface area contributed by atoms with Crippen LogP contribution in [0.1, 0.15) is 24.7 Å². The van der Waals surface area contributed by atoms with Gasteiger partial charge in [0.05, 0.1) is 0 Å². The number of aromatic nitrogens is 2. The van der Waals surface area contributed by atoms with E-state index in [1.54, 1.807) is 6.20 Å². The minimum absolute atomic E-state index is 0. The first-order valence-corrected chi connectivity index (χ1v) is 7.21. The molecule has 128 valence electrons. The summed E-state index contributed by atoms with van der Waals surface area (Å²) < 4.78 is 2.10. The highest BCUT2D eigenvalue weighted by Gasteiger charge is 2.06. The second-order valence-electron chi connectivity index (χ2n) is 5.24. The van der Waals surface area contributed by atoms with Crippen molar-refractivity contribution in [2.75, 3.05) is 6.54 Å². The molecule has 1 unspecified atom stereocenters. The third-order valence-electron chi connectivity index (χ3n) is 3.18. The standard InChI is InChI=1S/C16H22N4O.2ClH/c1-13(17)11-16(21)19-8-7-15-18-9-10-20(15)12-14-5-3-2-4-6-14;;/h2-6,9-10,13H,7-8,11-12,17H2,1H3,(H,19,21);2*1H. The van der Waals surface area contributed by atoms with E-state index in [-0.39, 0.29) is 36.8 Å². The summed E-state index contributed by atoms with van der Waals surface area (Å²) in [5, 5.41) is 2.87. The van der Waals surface area contributed by atoms with Crippen LogP contribution in [0.15, 0.2) is 42.7 Å². The van der Waals surface area contributed by atoms with E-state index in [1.165, 1.54) is 5.56 Å². The molecule has 7 heteroatoms. The molecular weight excluding hydrogens is 335 g/mol. The number of carbonyl (C=O) groups is 1. The van der Waals surface area contributed by atoms with E-state index in [0.717, 1.165) is 12.4 Å². The van der Waals surface area contributed by atoms with Gasteiger partial charge in [-0.2, -0.15) is 0 Å². The molecule has 0 spiro atoms. The van der Waals surface area contributed by atoms with E-state index in [0.29, 0.717) is 19.4 Å². The number of hydrogen-bond donors (Lipinski definition) is 2. The maximum Gasteiger partial charge on any atom is 0.221 e. The van der Waals surface area contributed by atoms with Crippen LogP contribution in [0.4, 0.5) is 0 Å². The third-order valence-corrected chi connectivity index (χ3v) is 3.18. The van der Waals surface area contributed by atoms with Crippen molar-refractivity contribution in [1.29, 1.82) is 0 Å². The molecule has 0 saturated heterocycles. The second kappa shape index (κ2) is 11.0. The summed E-state index contributed by atoms with van der Waals surface area (Å²) in [7, 11) is 0. The maximum atomic E-state index is 11.5. The first kappa shape index (κ1) is 21.4. The molecule has 2 aromatic rings. The van der Waals surface area contributed by atoms with E-state index in [2.05, 4.69) is 27.0 Å². The molecule has 3 N–H and O–H groups in total. The number of nitrogens with one attached hydrogen (secondary N) is 1. The Kier molecular flexibility index (Phi) is 10.3. The zero-order valence-corrected chi connectivity index (χ0v) is 14.8. The van der Waals surface area contributed by atoms with Crippen molar-refractivity contribution in [3.63, 3.8) is 0 Å². The Labute approximate surface area is 149 Å². The van der Waals surface area contributed by atoms with Gasteiger partial charge < -0.3 is 15.6 Å². The molecule has 1 atom stereocenters. The van der Waals surface area contributed by atoms with E-state index >= 15 is 0 Å². The molecule has 5 nitrogen and oxygen atoms in total. The highest BCUT2D eigenvalue weighted by molar-refractivity contribution is 5.85. The first-order chi connectivity index (χ1) is 10.1. The van der Waals surface area contributed by atoms with E-state index in [9.17, 15) is 4.79 Å². The molecule has 1 aromatic carbocycles. The molecule has 0 saturated carbocycles. The Morgan fingerprint density at radius 2 is 2.00 bits per heavy atom. The minimum Gasteiger partial charge on any atom is -0.356 e. The van der Waals surface area contributed by atoms with Gasteiger partial charge in [0.1, 0.15) is 5.82 Å². The van der Waals surface area contributed by atoms with Gasteiger partial charge in [-0.1, -0.05) is 30.3 Å². The van der Waals surface area contributed by atoms with Crippen LogP contribution in [0.25, 0.3) is 0 Å². The number of amides is 1. The van der Waals surface area contributed by atoms with E-state index in [1.807, 2.05) is 31.3 Å². The van der Waals surface area contributed by atoms with Crippen LogP contribution >= 0.6 is 24.8 Å². The number of nitrogens with zero attached hydrogens (tertiary/aromatic N) is 2. The molecule has 1 heterocycles. The summed E-state index contributed by atoms with van der Waals surface area (Å²) in [6.45, 7) is 3.20. The normalized spacial score (nSPS) is 11.0. The van der Waals surface area contributed by atoms with Crippen LogP contribution in [0.2, 0.25) is 0 Å². The Morgan fingerprint density at radius 1 is 1.30 bits per heavy atom. The van der Waals surface area contributed by atoms with Gasteiger partial charge in [0.2, 0.25) is 5.91 Å². The fourth-order valence-electron chi connectivity index (χ4n) is 2.17. The molecule has 0 aliphatic heterocycles. The van der Waals surface area contributed by atoms with Crippen LogP contribution in [0, 0.1) is 0 Å². The number of benzene rings is 1. The number of halogens is 2. The highest BCUT2D eigenvalue weighted by atomic mass is 35.5. The minimum atomic E-state index is -0.106. The third kappa shape index (κ3) is 7.50. The average molecular weight is 359 g/mol. The fraction of sp³-hybridized carbons (Fsp3) is 0.375. The quantitative estimate of drug-likeness (QED) is 0.796. The second-order valence-corrected chi connectivity index (χ2v) is 5.24. The SMILES string of the molecule is CC(N)CC(=O)NCCc1nccn1Cc1ccccc1.Cl.Cl. The van der Waals surface area contributed by atoms with Gasteiger partial charge in [-0.15, -0.1) is 24.8 Å².